The van der Waals surface area contributed by atoms with Crippen LogP contribution in [0.4, 0.5) is 0 Å². The minimum absolute atomic E-state index is 0.101. The van der Waals surface area contributed by atoms with Crippen LogP contribution in [0.1, 0.15) is 56.1 Å². The van der Waals surface area contributed by atoms with Gasteiger partial charge in [-0.2, -0.15) is 0 Å². The predicted octanol–water partition coefficient (Wildman–Crippen LogP) is 3.40. The molecule has 0 heterocycles. The molecule has 0 fully saturated rings. The van der Waals surface area contributed by atoms with Crippen molar-refractivity contribution in [2.24, 2.45) is 5.92 Å². The summed E-state index contributed by atoms with van der Waals surface area (Å²) in [5.41, 5.74) is 1.87. The third-order valence-corrected chi connectivity index (χ3v) is 3.28. The summed E-state index contributed by atoms with van der Waals surface area (Å²) in [6, 6.07) is 5.63. The third-order valence-electron chi connectivity index (χ3n) is 3.28. The zero-order chi connectivity index (χ0) is 17.1. The molecule has 122 valence electrons. The number of hydrogen-bond acceptors (Lipinski definition) is 3. The van der Waals surface area contributed by atoms with Gasteiger partial charge >= 0.3 is 5.97 Å². The van der Waals surface area contributed by atoms with Crippen molar-refractivity contribution in [3.05, 3.63) is 34.9 Å². The number of benzene rings is 1. The third kappa shape index (κ3) is 4.86. The maximum atomic E-state index is 12.5. The average molecular weight is 305 g/mol. The highest BCUT2D eigenvalue weighted by atomic mass is 16.5. The molecule has 0 bridgehead atoms. The van der Waals surface area contributed by atoms with E-state index in [-0.39, 0.29) is 17.4 Å². The van der Waals surface area contributed by atoms with Crippen LogP contribution in [-0.2, 0) is 9.53 Å². The Kier molecular flexibility index (Phi) is 5.75. The van der Waals surface area contributed by atoms with Crippen LogP contribution in [0.15, 0.2) is 18.2 Å². The summed E-state index contributed by atoms with van der Waals surface area (Å²) in [7, 11) is 0. The lowest BCUT2D eigenvalue weighted by molar-refractivity contribution is -0.133. The van der Waals surface area contributed by atoms with Crippen molar-refractivity contribution < 1.29 is 14.3 Å². The fourth-order valence-electron chi connectivity index (χ4n) is 2.24. The molecule has 0 spiro atoms. The van der Waals surface area contributed by atoms with E-state index in [2.05, 4.69) is 5.32 Å². The first kappa shape index (κ1) is 18.2. The van der Waals surface area contributed by atoms with E-state index in [1.807, 2.05) is 66.7 Å². The van der Waals surface area contributed by atoms with E-state index in [4.69, 9.17) is 4.74 Å². The number of nitrogens with one attached hydrogen (secondary N) is 1. The second-order valence-electron chi connectivity index (χ2n) is 7.08. The number of rotatable bonds is 4. The van der Waals surface area contributed by atoms with Crippen molar-refractivity contribution in [2.75, 3.05) is 0 Å². The summed E-state index contributed by atoms with van der Waals surface area (Å²) in [5.74, 6) is -0.809. The minimum Gasteiger partial charge on any atom is -0.448 e. The smallest absolute Gasteiger partial charge is 0.339 e. The highest BCUT2D eigenvalue weighted by Gasteiger charge is 2.30. The number of amides is 1. The lowest BCUT2D eigenvalue weighted by atomic mass is 10.0. The van der Waals surface area contributed by atoms with E-state index in [9.17, 15) is 9.59 Å². The Balaban J connectivity index is 2.97. The second kappa shape index (κ2) is 6.95. The minimum atomic E-state index is -0.800. The maximum Gasteiger partial charge on any atom is 0.339 e. The fourth-order valence-corrected chi connectivity index (χ4v) is 2.24. The molecule has 0 aliphatic carbocycles. The van der Waals surface area contributed by atoms with Crippen LogP contribution in [0, 0.1) is 19.8 Å². The Morgan fingerprint density at radius 3 is 2.00 bits per heavy atom. The van der Waals surface area contributed by atoms with Gasteiger partial charge in [0.1, 0.15) is 0 Å². The normalized spacial score (nSPS) is 12.9. The van der Waals surface area contributed by atoms with Gasteiger partial charge in [-0.1, -0.05) is 32.0 Å². The molecule has 1 aromatic rings. The zero-order valence-electron chi connectivity index (χ0n) is 14.6. The van der Waals surface area contributed by atoms with Gasteiger partial charge in [0.2, 0.25) is 0 Å². The molecule has 0 aliphatic rings. The number of ether oxygens (including phenoxy) is 1. The first-order chi connectivity index (χ1) is 10.0. The van der Waals surface area contributed by atoms with Gasteiger partial charge in [0.15, 0.2) is 6.10 Å². The van der Waals surface area contributed by atoms with Gasteiger partial charge < -0.3 is 10.1 Å². The van der Waals surface area contributed by atoms with Gasteiger partial charge in [0, 0.05) is 5.54 Å². The molecule has 0 saturated carbocycles. The summed E-state index contributed by atoms with van der Waals surface area (Å²) in [4.78, 5) is 24.8. The summed E-state index contributed by atoms with van der Waals surface area (Å²) in [6.07, 6.45) is -0.800. The monoisotopic (exact) mass is 305 g/mol. The molecular weight excluding hydrogens is 278 g/mol. The van der Waals surface area contributed by atoms with Crippen molar-refractivity contribution in [3.8, 4) is 0 Å². The first-order valence-electron chi connectivity index (χ1n) is 7.62. The van der Waals surface area contributed by atoms with Crippen LogP contribution in [-0.4, -0.2) is 23.5 Å². The van der Waals surface area contributed by atoms with E-state index in [0.717, 1.165) is 11.1 Å². The van der Waals surface area contributed by atoms with Crippen molar-refractivity contribution in [1.29, 1.82) is 0 Å². The highest BCUT2D eigenvalue weighted by Crippen LogP contribution is 2.18. The average Bonchev–Trinajstić information content (AvgIpc) is 2.33. The Bertz CT molecular complexity index is 536. The highest BCUT2D eigenvalue weighted by molar-refractivity contribution is 5.95. The van der Waals surface area contributed by atoms with Crippen LogP contribution in [0.25, 0.3) is 0 Å². The van der Waals surface area contributed by atoms with E-state index in [0.29, 0.717) is 5.56 Å². The maximum absolute atomic E-state index is 12.5. The fraction of sp³-hybridized carbons (Fsp3) is 0.556. The van der Waals surface area contributed by atoms with Gasteiger partial charge in [0.05, 0.1) is 5.56 Å². The van der Waals surface area contributed by atoms with E-state index < -0.39 is 12.1 Å². The summed E-state index contributed by atoms with van der Waals surface area (Å²) in [6.45, 7) is 13.2. The van der Waals surface area contributed by atoms with Crippen LogP contribution >= 0.6 is 0 Å². The number of carbonyl (C=O) groups excluding carboxylic acids is 2. The largest absolute Gasteiger partial charge is 0.448 e. The molecule has 4 nitrogen and oxygen atoms in total. The first-order valence-corrected chi connectivity index (χ1v) is 7.62. The molecule has 22 heavy (non-hydrogen) atoms. The van der Waals surface area contributed by atoms with Gasteiger partial charge in [-0.05, 0) is 51.7 Å². The molecule has 0 aromatic heterocycles. The number of aryl methyl sites for hydroxylation is 2. The summed E-state index contributed by atoms with van der Waals surface area (Å²) in [5, 5.41) is 2.87. The molecule has 1 rings (SSSR count). The van der Waals surface area contributed by atoms with Crippen LogP contribution in [0.3, 0.4) is 0 Å². The lowest BCUT2D eigenvalue weighted by Crippen LogP contribution is -2.49. The Labute approximate surface area is 133 Å². The Morgan fingerprint density at radius 2 is 1.59 bits per heavy atom. The quantitative estimate of drug-likeness (QED) is 0.867. The predicted molar refractivity (Wildman–Crippen MR) is 87.9 cm³/mol. The van der Waals surface area contributed by atoms with Crippen LogP contribution in [0.5, 0.6) is 0 Å². The lowest BCUT2D eigenvalue weighted by Gasteiger charge is -2.27. The van der Waals surface area contributed by atoms with Gasteiger partial charge in [-0.3, -0.25) is 4.79 Å². The van der Waals surface area contributed by atoms with Crippen molar-refractivity contribution in [3.63, 3.8) is 0 Å². The topological polar surface area (TPSA) is 55.4 Å². The zero-order valence-corrected chi connectivity index (χ0v) is 14.6. The molecule has 0 aliphatic heterocycles. The van der Waals surface area contributed by atoms with Crippen molar-refractivity contribution in [2.45, 2.75) is 60.1 Å². The van der Waals surface area contributed by atoms with E-state index >= 15 is 0 Å². The van der Waals surface area contributed by atoms with E-state index in [1.54, 1.807) is 0 Å². The summed E-state index contributed by atoms with van der Waals surface area (Å²) < 4.78 is 5.52. The van der Waals surface area contributed by atoms with Gasteiger partial charge in [-0.25, -0.2) is 4.79 Å². The number of carbonyl (C=O) groups is 2. The molecular formula is C18H27NO3. The summed E-state index contributed by atoms with van der Waals surface area (Å²) >= 11 is 0. The SMILES string of the molecule is Cc1cccc(C)c1C(=O)OC(C(=O)NC(C)(C)C)C(C)C. The molecule has 1 N–H and O–H groups in total. The Morgan fingerprint density at radius 1 is 1.09 bits per heavy atom. The second-order valence-corrected chi connectivity index (χ2v) is 7.08. The van der Waals surface area contributed by atoms with Crippen molar-refractivity contribution in [1.82, 2.24) is 5.32 Å². The van der Waals surface area contributed by atoms with Gasteiger partial charge in [0.25, 0.3) is 5.91 Å². The number of hydrogen-bond donors (Lipinski definition) is 1. The van der Waals surface area contributed by atoms with Crippen LogP contribution in [0.2, 0.25) is 0 Å². The van der Waals surface area contributed by atoms with Crippen LogP contribution < -0.4 is 5.32 Å². The molecule has 1 amide bonds. The standard InChI is InChI=1S/C18H27NO3/c1-11(2)15(16(20)19-18(5,6)7)22-17(21)14-12(3)9-8-10-13(14)4/h8-11,15H,1-7H3,(H,19,20). The molecule has 4 heteroatoms. The molecule has 0 saturated heterocycles. The Hall–Kier alpha value is -1.84. The number of esters is 1. The molecule has 1 atom stereocenters. The molecule has 1 aromatic carbocycles. The van der Waals surface area contributed by atoms with E-state index in [1.165, 1.54) is 0 Å². The molecule has 1 unspecified atom stereocenters. The molecule has 0 radical (unpaired) electrons. The van der Waals surface area contributed by atoms with Gasteiger partial charge in [-0.15, -0.1) is 0 Å². The van der Waals surface area contributed by atoms with Crippen molar-refractivity contribution >= 4 is 11.9 Å².